The molecule has 3 aromatic rings. The van der Waals surface area contributed by atoms with E-state index >= 15 is 0 Å². The highest BCUT2D eigenvalue weighted by Gasteiger charge is 2.20. The van der Waals surface area contributed by atoms with Gasteiger partial charge in [0.25, 0.3) is 0 Å². The number of hydrogen-bond donors (Lipinski definition) is 2. The molecule has 0 spiro atoms. The Labute approximate surface area is 193 Å². The third-order valence-electron chi connectivity index (χ3n) is 5.10. The lowest BCUT2D eigenvalue weighted by molar-refractivity contribution is -0.114. The van der Waals surface area contributed by atoms with Gasteiger partial charge in [-0.25, -0.2) is 9.29 Å². The van der Waals surface area contributed by atoms with Crippen LogP contribution < -0.4 is 15.5 Å². The van der Waals surface area contributed by atoms with Crippen LogP contribution in [0.2, 0.25) is 0 Å². The zero-order valence-electron chi connectivity index (χ0n) is 18.6. The molecule has 1 aliphatic heterocycles. The molecule has 2 aromatic carbocycles. The van der Waals surface area contributed by atoms with Crippen LogP contribution in [0.1, 0.15) is 18.2 Å². The van der Waals surface area contributed by atoms with Gasteiger partial charge in [0.05, 0.1) is 0 Å². The number of aromatic nitrogens is 2. The standard InChI is InChI=1S/C24H28N6OS/c1-17-4-6-21(7-5-17)27-23-16-18(2)25-24(28-23)29-12-14-30(15-13-29)32-22-10-8-20(9-11-22)26-19(3)31/h4-11,16H,12-15H2,1-3H3,(H,26,31)(H,25,27,28). The van der Waals surface area contributed by atoms with E-state index < -0.39 is 0 Å². The summed E-state index contributed by atoms with van der Waals surface area (Å²) in [6.45, 7) is 9.15. The van der Waals surface area contributed by atoms with E-state index in [1.54, 1.807) is 11.9 Å². The molecule has 7 nitrogen and oxygen atoms in total. The van der Waals surface area contributed by atoms with Gasteiger partial charge in [-0.05, 0) is 62.2 Å². The van der Waals surface area contributed by atoms with Crippen molar-refractivity contribution in [3.63, 3.8) is 0 Å². The summed E-state index contributed by atoms with van der Waals surface area (Å²) in [7, 11) is 0. The smallest absolute Gasteiger partial charge is 0.227 e. The van der Waals surface area contributed by atoms with Crippen LogP contribution in [0.5, 0.6) is 0 Å². The lowest BCUT2D eigenvalue weighted by Gasteiger charge is -2.34. The second kappa shape index (κ2) is 10.0. The van der Waals surface area contributed by atoms with Crippen molar-refractivity contribution in [1.82, 2.24) is 14.3 Å². The molecule has 2 N–H and O–H groups in total. The highest BCUT2D eigenvalue weighted by molar-refractivity contribution is 7.97. The second-order valence-corrected chi connectivity index (χ2v) is 9.07. The Bertz CT molecular complexity index is 1060. The SMILES string of the molecule is CC(=O)Nc1ccc(SN2CCN(c3nc(C)cc(Nc4ccc(C)cc4)n3)CC2)cc1. The van der Waals surface area contributed by atoms with Crippen molar-refractivity contribution in [2.75, 3.05) is 41.7 Å². The first kappa shape index (κ1) is 22.1. The Balaban J connectivity index is 1.35. The number of nitrogens with zero attached hydrogens (tertiary/aromatic N) is 4. The summed E-state index contributed by atoms with van der Waals surface area (Å²) in [6, 6.07) is 18.2. The largest absolute Gasteiger partial charge is 0.340 e. The number of piperazine rings is 1. The number of benzene rings is 2. The molecule has 4 rings (SSSR count). The van der Waals surface area contributed by atoms with Gasteiger partial charge in [-0.1, -0.05) is 17.7 Å². The summed E-state index contributed by atoms with van der Waals surface area (Å²) >= 11 is 1.74. The topological polar surface area (TPSA) is 73.4 Å². The van der Waals surface area contributed by atoms with E-state index in [0.29, 0.717) is 0 Å². The number of carbonyl (C=O) groups excluding carboxylic acids is 1. The third kappa shape index (κ3) is 5.99. The predicted molar refractivity (Wildman–Crippen MR) is 132 cm³/mol. The van der Waals surface area contributed by atoms with Crippen LogP contribution in [0.4, 0.5) is 23.1 Å². The summed E-state index contributed by atoms with van der Waals surface area (Å²) in [4.78, 5) is 24.0. The Morgan fingerprint density at radius 2 is 1.56 bits per heavy atom. The van der Waals surface area contributed by atoms with Crippen molar-refractivity contribution >= 4 is 41.0 Å². The molecule has 32 heavy (non-hydrogen) atoms. The Morgan fingerprint density at radius 1 is 0.906 bits per heavy atom. The van der Waals surface area contributed by atoms with Gasteiger partial charge >= 0.3 is 0 Å². The fraction of sp³-hybridized carbons (Fsp3) is 0.292. The lowest BCUT2D eigenvalue weighted by Crippen LogP contribution is -2.44. The van der Waals surface area contributed by atoms with Gasteiger partial charge in [0.2, 0.25) is 11.9 Å². The molecule has 0 atom stereocenters. The van der Waals surface area contributed by atoms with Crippen molar-refractivity contribution in [3.8, 4) is 0 Å². The molecule has 1 aromatic heterocycles. The first-order valence-electron chi connectivity index (χ1n) is 10.7. The van der Waals surface area contributed by atoms with Gasteiger partial charge in [0.1, 0.15) is 5.82 Å². The van der Waals surface area contributed by atoms with Crippen LogP contribution >= 0.6 is 11.9 Å². The highest BCUT2D eigenvalue weighted by Crippen LogP contribution is 2.26. The second-order valence-electron chi connectivity index (χ2n) is 7.90. The molecule has 1 saturated heterocycles. The van der Waals surface area contributed by atoms with Crippen molar-refractivity contribution in [3.05, 3.63) is 65.9 Å². The van der Waals surface area contributed by atoms with Crippen LogP contribution in [-0.2, 0) is 4.79 Å². The number of carbonyl (C=O) groups is 1. The van der Waals surface area contributed by atoms with Gasteiger partial charge in [-0.3, -0.25) is 4.79 Å². The molecule has 1 aliphatic rings. The van der Waals surface area contributed by atoms with Gasteiger partial charge in [-0.15, -0.1) is 0 Å². The predicted octanol–water partition coefficient (Wildman–Crippen LogP) is 4.62. The summed E-state index contributed by atoms with van der Waals surface area (Å²) in [5.74, 6) is 1.52. The van der Waals surface area contributed by atoms with Crippen LogP contribution in [0.15, 0.2) is 59.5 Å². The first-order chi connectivity index (χ1) is 15.4. The molecular formula is C24H28N6OS. The van der Waals surface area contributed by atoms with Gasteiger partial charge < -0.3 is 15.5 Å². The van der Waals surface area contributed by atoms with Crippen molar-refractivity contribution in [1.29, 1.82) is 0 Å². The first-order valence-corrected chi connectivity index (χ1v) is 11.5. The minimum absolute atomic E-state index is 0.0582. The van der Waals surface area contributed by atoms with Crippen molar-refractivity contribution in [2.24, 2.45) is 0 Å². The average molecular weight is 449 g/mol. The van der Waals surface area contributed by atoms with Crippen LogP contribution in [0.25, 0.3) is 0 Å². The van der Waals surface area contributed by atoms with E-state index in [2.05, 4.69) is 56.0 Å². The number of anilines is 4. The fourth-order valence-corrected chi connectivity index (χ4v) is 4.38. The van der Waals surface area contributed by atoms with Gasteiger partial charge in [0, 0.05) is 61.1 Å². The van der Waals surface area contributed by atoms with E-state index in [-0.39, 0.29) is 5.91 Å². The summed E-state index contributed by atoms with van der Waals surface area (Å²) < 4.78 is 2.35. The molecule has 0 aliphatic carbocycles. The third-order valence-corrected chi connectivity index (χ3v) is 6.20. The minimum atomic E-state index is -0.0582. The number of rotatable bonds is 6. The van der Waals surface area contributed by atoms with Gasteiger partial charge in [-0.2, -0.15) is 4.98 Å². The quantitative estimate of drug-likeness (QED) is 0.533. The zero-order valence-corrected chi connectivity index (χ0v) is 19.4. The Hall–Kier alpha value is -3.10. The lowest BCUT2D eigenvalue weighted by atomic mass is 10.2. The van der Waals surface area contributed by atoms with Crippen molar-refractivity contribution < 1.29 is 4.79 Å². The molecule has 1 amide bonds. The summed E-state index contributed by atoms with van der Waals surface area (Å²) in [5.41, 5.74) is 4.01. The molecule has 2 heterocycles. The van der Waals surface area contributed by atoms with E-state index in [4.69, 9.17) is 4.98 Å². The molecule has 0 bridgehead atoms. The number of nitrogens with one attached hydrogen (secondary N) is 2. The fourth-order valence-electron chi connectivity index (χ4n) is 3.47. The molecule has 1 fully saturated rings. The zero-order chi connectivity index (χ0) is 22.5. The average Bonchev–Trinajstić information content (AvgIpc) is 2.76. The maximum absolute atomic E-state index is 11.2. The van der Waals surface area contributed by atoms with E-state index in [1.165, 1.54) is 12.5 Å². The molecule has 166 valence electrons. The maximum Gasteiger partial charge on any atom is 0.227 e. The van der Waals surface area contributed by atoms with E-state index in [0.717, 1.165) is 59.9 Å². The van der Waals surface area contributed by atoms with E-state index in [9.17, 15) is 4.79 Å². The number of amides is 1. The molecule has 0 saturated carbocycles. The maximum atomic E-state index is 11.2. The Morgan fingerprint density at radius 3 is 2.22 bits per heavy atom. The van der Waals surface area contributed by atoms with E-state index in [1.807, 2.05) is 37.3 Å². The van der Waals surface area contributed by atoms with Crippen LogP contribution in [0.3, 0.4) is 0 Å². The molecule has 8 heteroatoms. The summed E-state index contributed by atoms with van der Waals surface area (Å²) in [6.07, 6.45) is 0. The molecule has 0 unspecified atom stereocenters. The number of aryl methyl sites for hydroxylation is 2. The van der Waals surface area contributed by atoms with Crippen LogP contribution in [0, 0.1) is 13.8 Å². The van der Waals surface area contributed by atoms with Crippen molar-refractivity contribution in [2.45, 2.75) is 25.7 Å². The highest BCUT2D eigenvalue weighted by atomic mass is 32.2. The normalized spacial score (nSPS) is 14.3. The van der Waals surface area contributed by atoms with Gasteiger partial charge in [0.15, 0.2) is 0 Å². The molecule has 0 radical (unpaired) electrons. The Kier molecular flexibility index (Phi) is 6.92. The monoisotopic (exact) mass is 448 g/mol. The summed E-state index contributed by atoms with van der Waals surface area (Å²) in [5, 5.41) is 6.19. The minimum Gasteiger partial charge on any atom is -0.340 e. The van der Waals surface area contributed by atoms with Crippen LogP contribution in [-0.4, -0.2) is 46.4 Å². The molecular weight excluding hydrogens is 420 g/mol. The number of hydrogen-bond acceptors (Lipinski definition) is 7.